The molecular weight excluding hydrogens is 461 g/mol. The number of Topliss-reactive ketones (excluding diaryl/α,β-unsaturated/α-hetero) is 1. The summed E-state index contributed by atoms with van der Waals surface area (Å²) in [6.45, 7) is 1.20. The fraction of sp³-hybridized carbons (Fsp3) is 0.375. The Bertz CT molecular complexity index is 1310. The molecule has 3 atom stereocenters. The third-order valence-electron chi connectivity index (χ3n) is 6.73. The lowest BCUT2D eigenvalue weighted by atomic mass is 10.0. The van der Waals surface area contributed by atoms with Gasteiger partial charge in [-0.05, 0) is 55.5 Å². The lowest BCUT2D eigenvalue weighted by Crippen LogP contribution is -2.48. The molecule has 0 bridgehead atoms. The summed E-state index contributed by atoms with van der Waals surface area (Å²) in [5.41, 5.74) is 0.607. The largest absolute Gasteiger partial charge is 0.326 e. The fourth-order valence-corrected chi connectivity index (χ4v) is 5.48. The van der Waals surface area contributed by atoms with Crippen LogP contribution in [0.15, 0.2) is 36.4 Å². The molecule has 2 aliphatic rings. The van der Waals surface area contributed by atoms with E-state index in [2.05, 4.69) is 15.4 Å². The molecule has 2 amide bonds. The minimum absolute atomic E-state index is 0.0258. The standard InChI is InChI=1S/C24H23ClFN5O3/c1-13(32)23-16-11-15(26)8-9-18(16)30(29-23)12-22(33)31-17-5-2-4-14(17)10-19(31)24(34)28-21-7-3-6-20(25)27-21/h3,6-9,11,14,17,19H,2,4-5,10,12H2,1H3,(H,27,28,34)/t14-,17-,19-/m0/s1. The maximum Gasteiger partial charge on any atom is 0.248 e. The molecule has 1 aliphatic heterocycles. The number of hydrogen-bond donors (Lipinski definition) is 1. The van der Waals surface area contributed by atoms with Gasteiger partial charge in [0.1, 0.15) is 35.1 Å². The summed E-state index contributed by atoms with van der Waals surface area (Å²) in [5.74, 6) is -0.797. The third kappa shape index (κ3) is 4.04. The lowest BCUT2D eigenvalue weighted by Gasteiger charge is -2.29. The number of halogens is 2. The summed E-state index contributed by atoms with van der Waals surface area (Å²) >= 11 is 5.93. The Morgan fingerprint density at radius 2 is 2.03 bits per heavy atom. The first-order chi connectivity index (χ1) is 16.3. The van der Waals surface area contributed by atoms with Gasteiger partial charge in [0.15, 0.2) is 5.78 Å². The molecule has 2 aromatic heterocycles. The highest BCUT2D eigenvalue weighted by Gasteiger charge is 2.48. The molecule has 0 unspecified atom stereocenters. The quantitative estimate of drug-likeness (QED) is 0.439. The van der Waals surface area contributed by atoms with Crippen LogP contribution in [0.25, 0.3) is 10.9 Å². The summed E-state index contributed by atoms with van der Waals surface area (Å²) in [7, 11) is 0. The van der Waals surface area contributed by atoms with Crippen LogP contribution in [0.1, 0.15) is 43.1 Å². The Labute approximate surface area is 200 Å². The van der Waals surface area contributed by atoms with E-state index in [0.717, 1.165) is 19.3 Å². The number of likely N-dealkylation sites (tertiary alicyclic amines) is 1. The van der Waals surface area contributed by atoms with Crippen LogP contribution < -0.4 is 5.32 Å². The van der Waals surface area contributed by atoms with Crippen molar-refractivity contribution in [3.63, 3.8) is 0 Å². The number of anilines is 1. The molecule has 2 fully saturated rings. The molecule has 1 aliphatic carbocycles. The minimum atomic E-state index is -0.643. The number of carbonyl (C=O) groups excluding carboxylic acids is 3. The number of nitrogens with zero attached hydrogens (tertiary/aromatic N) is 4. The predicted octanol–water partition coefficient (Wildman–Crippen LogP) is 3.83. The first kappa shape index (κ1) is 22.5. The molecule has 5 rings (SSSR count). The Morgan fingerprint density at radius 1 is 1.21 bits per heavy atom. The number of aromatic nitrogens is 3. The van der Waals surface area contributed by atoms with Crippen molar-refractivity contribution in [1.82, 2.24) is 19.7 Å². The maximum absolute atomic E-state index is 13.8. The van der Waals surface area contributed by atoms with Gasteiger partial charge in [0, 0.05) is 18.4 Å². The van der Waals surface area contributed by atoms with Crippen LogP contribution in [0.4, 0.5) is 10.2 Å². The molecule has 176 valence electrons. The molecule has 1 N–H and O–H groups in total. The van der Waals surface area contributed by atoms with E-state index in [1.807, 2.05) is 0 Å². The number of amides is 2. The average molecular weight is 484 g/mol. The Balaban J connectivity index is 1.43. The summed E-state index contributed by atoms with van der Waals surface area (Å²) in [5, 5.41) is 7.71. The number of rotatable bonds is 5. The average Bonchev–Trinajstić information content (AvgIpc) is 3.46. The number of pyridine rings is 1. The number of ketones is 1. The van der Waals surface area contributed by atoms with Gasteiger partial charge in [0.2, 0.25) is 11.8 Å². The van der Waals surface area contributed by atoms with Crippen molar-refractivity contribution in [3.05, 3.63) is 53.1 Å². The Kier molecular flexibility index (Phi) is 5.81. The van der Waals surface area contributed by atoms with Crippen LogP contribution >= 0.6 is 11.6 Å². The molecule has 0 spiro atoms. The van der Waals surface area contributed by atoms with Gasteiger partial charge >= 0.3 is 0 Å². The number of nitrogens with one attached hydrogen (secondary N) is 1. The zero-order valence-electron chi connectivity index (χ0n) is 18.5. The van der Waals surface area contributed by atoms with Crippen LogP contribution in [0, 0.1) is 11.7 Å². The summed E-state index contributed by atoms with van der Waals surface area (Å²) in [6.07, 6.45) is 3.37. The molecule has 1 saturated carbocycles. The van der Waals surface area contributed by atoms with Crippen molar-refractivity contribution in [2.45, 2.75) is 51.2 Å². The van der Waals surface area contributed by atoms with Crippen molar-refractivity contribution >= 4 is 45.9 Å². The van der Waals surface area contributed by atoms with Gasteiger partial charge in [0.05, 0.1) is 5.52 Å². The molecule has 1 saturated heterocycles. The van der Waals surface area contributed by atoms with Crippen LogP contribution in [0.5, 0.6) is 0 Å². The van der Waals surface area contributed by atoms with E-state index in [4.69, 9.17) is 11.6 Å². The van der Waals surface area contributed by atoms with Gasteiger partial charge in [-0.15, -0.1) is 0 Å². The number of fused-ring (bicyclic) bond motifs is 2. The molecule has 34 heavy (non-hydrogen) atoms. The van der Waals surface area contributed by atoms with E-state index in [9.17, 15) is 18.8 Å². The third-order valence-corrected chi connectivity index (χ3v) is 6.94. The van der Waals surface area contributed by atoms with Crippen molar-refractivity contribution in [1.29, 1.82) is 0 Å². The second-order valence-electron chi connectivity index (χ2n) is 8.87. The van der Waals surface area contributed by atoms with Crippen molar-refractivity contribution < 1.29 is 18.8 Å². The predicted molar refractivity (Wildman–Crippen MR) is 124 cm³/mol. The molecule has 1 aromatic carbocycles. The number of benzene rings is 1. The van der Waals surface area contributed by atoms with E-state index >= 15 is 0 Å². The van der Waals surface area contributed by atoms with E-state index < -0.39 is 11.9 Å². The topological polar surface area (TPSA) is 97.2 Å². The molecule has 0 radical (unpaired) electrons. The summed E-state index contributed by atoms with van der Waals surface area (Å²) in [6, 6.07) is 8.30. The highest BCUT2D eigenvalue weighted by molar-refractivity contribution is 6.29. The van der Waals surface area contributed by atoms with Crippen LogP contribution in [-0.4, -0.2) is 49.3 Å². The smallest absolute Gasteiger partial charge is 0.248 e. The van der Waals surface area contributed by atoms with Crippen LogP contribution in [-0.2, 0) is 16.1 Å². The summed E-state index contributed by atoms with van der Waals surface area (Å²) in [4.78, 5) is 44.6. The van der Waals surface area contributed by atoms with Gasteiger partial charge in [-0.2, -0.15) is 5.10 Å². The van der Waals surface area contributed by atoms with Crippen molar-refractivity contribution in [2.75, 3.05) is 5.32 Å². The molecule has 3 aromatic rings. The molecular formula is C24H23ClFN5O3. The Hall–Kier alpha value is -3.33. The van der Waals surface area contributed by atoms with Gasteiger partial charge in [-0.3, -0.25) is 19.1 Å². The van der Waals surface area contributed by atoms with Gasteiger partial charge in [-0.1, -0.05) is 24.1 Å². The van der Waals surface area contributed by atoms with E-state index in [-0.39, 0.29) is 46.9 Å². The first-order valence-electron chi connectivity index (χ1n) is 11.2. The second kappa shape index (κ2) is 8.79. The molecule has 10 heteroatoms. The number of carbonyl (C=O) groups is 3. The van der Waals surface area contributed by atoms with Crippen LogP contribution in [0.2, 0.25) is 5.15 Å². The van der Waals surface area contributed by atoms with E-state index in [1.54, 1.807) is 23.1 Å². The first-order valence-corrected chi connectivity index (χ1v) is 11.6. The zero-order valence-corrected chi connectivity index (χ0v) is 19.3. The summed E-state index contributed by atoms with van der Waals surface area (Å²) < 4.78 is 15.2. The highest BCUT2D eigenvalue weighted by atomic mass is 35.5. The normalized spacial score (nSPS) is 21.6. The van der Waals surface area contributed by atoms with E-state index in [0.29, 0.717) is 23.1 Å². The zero-order chi connectivity index (χ0) is 24.0. The molecule has 8 nitrogen and oxygen atoms in total. The molecule has 3 heterocycles. The number of hydrogen-bond acceptors (Lipinski definition) is 5. The minimum Gasteiger partial charge on any atom is -0.326 e. The lowest BCUT2D eigenvalue weighted by molar-refractivity contribution is -0.139. The van der Waals surface area contributed by atoms with Gasteiger partial charge in [0.25, 0.3) is 0 Å². The fourth-order valence-electron chi connectivity index (χ4n) is 5.31. The maximum atomic E-state index is 13.8. The monoisotopic (exact) mass is 483 g/mol. The van der Waals surface area contributed by atoms with Gasteiger partial charge in [-0.25, -0.2) is 9.37 Å². The van der Waals surface area contributed by atoms with Crippen molar-refractivity contribution in [3.8, 4) is 0 Å². The second-order valence-corrected chi connectivity index (χ2v) is 9.26. The highest BCUT2D eigenvalue weighted by Crippen LogP contribution is 2.41. The van der Waals surface area contributed by atoms with Crippen molar-refractivity contribution in [2.24, 2.45) is 5.92 Å². The SMILES string of the molecule is CC(=O)c1nn(CC(=O)N2[C@H](C(=O)Nc3cccc(Cl)n3)C[C@@H]3CCC[C@@H]32)c2ccc(F)cc12. The Morgan fingerprint density at radius 3 is 2.79 bits per heavy atom. The van der Waals surface area contributed by atoms with Gasteiger partial charge < -0.3 is 10.2 Å². The van der Waals surface area contributed by atoms with E-state index in [1.165, 1.54) is 29.8 Å². The van der Waals surface area contributed by atoms with Crippen LogP contribution in [0.3, 0.4) is 0 Å².